The summed E-state index contributed by atoms with van der Waals surface area (Å²) in [5.41, 5.74) is 5.52. The summed E-state index contributed by atoms with van der Waals surface area (Å²) < 4.78 is 0. The molecule has 6 nitrogen and oxygen atoms in total. The van der Waals surface area contributed by atoms with Crippen LogP contribution in [0.25, 0.3) is 0 Å². The van der Waals surface area contributed by atoms with Gasteiger partial charge in [0.2, 0.25) is 0 Å². The number of carbonyl (C=O) groups is 1. The van der Waals surface area contributed by atoms with Gasteiger partial charge >= 0.3 is 0 Å². The Morgan fingerprint density at radius 2 is 2.15 bits per heavy atom. The van der Waals surface area contributed by atoms with Crippen LogP contribution in [0.4, 0.5) is 11.6 Å². The van der Waals surface area contributed by atoms with Crippen molar-refractivity contribution in [1.29, 1.82) is 0 Å². The molecule has 0 bridgehead atoms. The van der Waals surface area contributed by atoms with Crippen LogP contribution in [-0.2, 0) is 0 Å². The van der Waals surface area contributed by atoms with Gasteiger partial charge in [0.1, 0.15) is 5.82 Å². The molecule has 112 valence electrons. The number of unbranched alkanes of at least 4 members (excludes halogenated alkanes) is 1. The predicted molar refractivity (Wildman–Crippen MR) is 82.1 cm³/mol. The molecular formula is C14H25N5O. The number of primary amides is 1. The highest BCUT2D eigenvalue weighted by Crippen LogP contribution is 2.17. The van der Waals surface area contributed by atoms with Gasteiger partial charge in [-0.1, -0.05) is 13.3 Å². The smallest absolute Gasteiger partial charge is 0.271 e. The molecule has 0 saturated heterocycles. The van der Waals surface area contributed by atoms with Crippen molar-refractivity contribution in [3.05, 3.63) is 11.9 Å². The lowest BCUT2D eigenvalue weighted by Crippen LogP contribution is -2.27. The Morgan fingerprint density at radius 3 is 2.65 bits per heavy atom. The molecule has 0 aliphatic heterocycles. The Labute approximate surface area is 120 Å². The molecule has 0 spiro atoms. The van der Waals surface area contributed by atoms with Crippen LogP contribution in [0.15, 0.2) is 6.20 Å². The summed E-state index contributed by atoms with van der Waals surface area (Å²) in [4.78, 5) is 22.2. The van der Waals surface area contributed by atoms with Crippen LogP contribution in [0.5, 0.6) is 0 Å². The highest BCUT2D eigenvalue weighted by atomic mass is 16.1. The molecular weight excluding hydrogens is 254 g/mol. The minimum absolute atomic E-state index is 0.156. The average Bonchev–Trinajstić information content (AvgIpc) is 2.38. The molecule has 0 saturated carbocycles. The normalized spacial score (nSPS) is 10.7. The molecule has 6 heteroatoms. The molecule has 3 N–H and O–H groups in total. The summed E-state index contributed by atoms with van der Waals surface area (Å²) in [6, 6.07) is 0.156. The van der Waals surface area contributed by atoms with Crippen molar-refractivity contribution < 1.29 is 4.79 Å². The van der Waals surface area contributed by atoms with E-state index in [9.17, 15) is 4.79 Å². The van der Waals surface area contributed by atoms with Gasteiger partial charge < -0.3 is 16.0 Å². The zero-order chi connectivity index (χ0) is 15.1. The molecule has 0 atom stereocenters. The molecule has 0 aromatic carbocycles. The number of nitrogens with zero attached hydrogens (tertiary/aromatic N) is 3. The summed E-state index contributed by atoms with van der Waals surface area (Å²) in [5.74, 6) is 0.665. The SMILES string of the molecule is CCCCN(CC)c1cnc(C(N)=O)c(NC(C)C)n1. The second kappa shape index (κ2) is 7.67. The number of amides is 1. The molecule has 1 amide bonds. The molecule has 1 rings (SSSR count). The van der Waals surface area contributed by atoms with E-state index in [0.29, 0.717) is 5.82 Å². The molecule has 1 aromatic rings. The second-order valence-electron chi connectivity index (χ2n) is 5.02. The van der Waals surface area contributed by atoms with Gasteiger partial charge in [-0.05, 0) is 27.2 Å². The number of nitrogens with two attached hydrogens (primary N) is 1. The molecule has 0 unspecified atom stereocenters. The molecule has 0 fully saturated rings. The summed E-state index contributed by atoms with van der Waals surface area (Å²) >= 11 is 0. The molecule has 1 heterocycles. The highest BCUT2D eigenvalue weighted by Gasteiger charge is 2.15. The van der Waals surface area contributed by atoms with Gasteiger partial charge in [0.25, 0.3) is 5.91 Å². The lowest BCUT2D eigenvalue weighted by molar-refractivity contribution is 0.0996. The van der Waals surface area contributed by atoms with Crippen molar-refractivity contribution in [2.75, 3.05) is 23.3 Å². The van der Waals surface area contributed by atoms with Gasteiger partial charge in [0, 0.05) is 19.1 Å². The van der Waals surface area contributed by atoms with E-state index in [1.54, 1.807) is 6.20 Å². The molecule has 0 aliphatic carbocycles. The van der Waals surface area contributed by atoms with E-state index in [0.717, 1.165) is 31.7 Å². The van der Waals surface area contributed by atoms with Crippen LogP contribution in [0.2, 0.25) is 0 Å². The van der Waals surface area contributed by atoms with Crippen molar-refractivity contribution >= 4 is 17.5 Å². The van der Waals surface area contributed by atoms with E-state index in [-0.39, 0.29) is 11.7 Å². The van der Waals surface area contributed by atoms with E-state index >= 15 is 0 Å². The monoisotopic (exact) mass is 279 g/mol. The van der Waals surface area contributed by atoms with Crippen LogP contribution in [0.1, 0.15) is 51.0 Å². The first kappa shape index (κ1) is 16.2. The van der Waals surface area contributed by atoms with E-state index in [1.807, 2.05) is 13.8 Å². The van der Waals surface area contributed by atoms with Crippen molar-refractivity contribution in [2.45, 2.75) is 46.6 Å². The largest absolute Gasteiger partial charge is 0.366 e. The molecule has 0 radical (unpaired) electrons. The summed E-state index contributed by atoms with van der Waals surface area (Å²) in [7, 11) is 0. The van der Waals surface area contributed by atoms with Crippen molar-refractivity contribution in [3.8, 4) is 0 Å². The third kappa shape index (κ3) is 4.36. The Kier molecular flexibility index (Phi) is 6.21. The maximum atomic E-state index is 11.4. The molecule has 1 aromatic heterocycles. The van der Waals surface area contributed by atoms with Crippen LogP contribution < -0.4 is 16.0 Å². The Hall–Kier alpha value is -1.85. The topological polar surface area (TPSA) is 84.1 Å². The van der Waals surface area contributed by atoms with E-state index in [4.69, 9.17) is 5.73 Å². The van der Waals surface area contributed by atoms with Crippen LogP contribution >= 0.6 is 0 Å². The number of anilines is 2. The fourth-order valence-corrected chi connectivity index (χ4v) is 1.87. The van der Waals surface area contributed by atoms with E-state index < -0.39 is 5.91 Å². The van der Waals surface area contributed by atoms with Gasteiger partial charge in [-0.15, -0.1) is 0 Å². The molecule has 0 aliphatic rings. The van der Waals surface area contributed by atoms with Crippen molar-refractivity contribution in [1.82, 2.24) is 9.97 Å². The minimum atomic E-state index is -0.566. The zero-order valence-corrected chi connectivity index (χ0v) is 12.8. The standard InChI is InChI=1S/C14H25N5O/c1-5-7-8-19(6-2)11-9-16-12(13(15)20)14(18-11)17-10(3)4/h9-10H,5-8H2,1-4H3,(H2,15,20)(H,17,18). The van der Waals surface area contributed by atoms with E-state index in [2.05, 4.69) is 34.0 Å². The number of hydrogen-bond acceptors (Lipinski definition) is 5. The lowest BCUT2D eigenvalue weighted by Gasteiger charge is -2.22. The highest BCUT2D eigenvalue weighted by molar-refractivity contribution is 5.95. The van der Waals surface area contributed by atoms with Crippen molar-refractivity contribution in [2.24, 2.45) is 5.73 Å². The third-order valence-electron chi connectivity index (χ3n) is 2.91. The number of aromatic nitrogens is 2. The molecule has 20 heavy (non-hydrogen) atoms. The quantitative estimate of drug-likeness (QED) is 0.760. The number of hydrogen-bond donors (Lipinski definition) is 2. The van der Waals surface area contributed by atoms with Gasteiger partial charge in [-0.25, -0.2) is 9.97 Å². The Balaban J connectivity index is 3.06. The van der Waals surface area contributed by atoms with Gasteiger partial charge in [0.05, 0.1) is 6.20 Å². The minimum Gasteiger partial charge on any atom is -0.366 e. The Morgan fingerprint density at radius 1 is 1.45 bits per heavy atom. The predicted octanol–water partition coefficient (Wildman–Crippen LogP) is 2.02. The van der Waals surface area contributed by atoms with Gasteiger partial charge in [-0.2, -0.15) is 0 Å². The third-order valence-corrected chi connectivity index (χ3v) is 2.91. The van der Waals surface area contributed by atoms with Gasteiger partial charge in [0.15, 0.2) is 11.5 Å². The van der Waals surface area contributed by atoms with Gasteiger partial charge in [-0.3, -0.25) is 4.79 Å². The van der Waals surface area contributed by atoms with Crippen LogP contribution in [-0.4, -0.2) is 35.0 Å². The first-order chi connectivity index (χ1) is 9.49. The summed E-state index contributed by atoms with van der Waals surface area (Å²) in [6.45, 7) is 9.97. The zero-order valence-electron chi connectivity index (χ0n) is 12.8. The second-order valence-corrected chi connectivity index (χ2v) is 5.02. The van der Waals surface area contributed by atoms with Crippen LogP contribution in [0, 0.1) is 0 Å². The maximum absolute atomic E-state index is 11.4. The summed E-state index contributed by atoms with van der Waals surface area (Å²) in [6.07, 6.45) is 3.84. The summed E-state index contributed by atoms with van der Waals surface area (Å²) in [5, 5.41) is 3.13. The average molecular weight is 279 g/mol. The fraction of sp³-hybridized carbons (Fsp3) is 0.643. The number of nitrogens with one attached hydrogen (secondary N) is 1. The van der Waals surface area contributed by atoms with E-state index in [1.165, 1.54) is 0 Å². The lowest BCUT2D eigenvalue weighted by atomic mass is 10.3. The fourth-order valence-electron chi connectivity index (χ4n) is 1.87. The first-order valence-electron chi connectivity index (χ1n) is 7.17. The van der Waals surface area contributed by atoms with Crippen LogP contribution in [0.3, 0.4) is 0 Å². The van der Waals surface area contributed by atoms with Crippen molar-refractivity contribution in [3.63, 3.8) is 0 Å². The maximum Gasteiger partial charge on any atom is 0.271 e. The number of carbonyl (C=O) groups excluding carboxylic acids is 1. The Bertz CT molecular complexity index is 447. The first-order valence-corrected chi connectivity index (χ1v) is 7.17. The number of rotatable bonds is 8.